The fraction of sp³-hybridized carbons (Fsp3) is 0.533. The van der Waals surface area contributed by atoms with Gasteiger partial charge < -0.3 is 5.32 Å². The first-order chi connectivity index (χ1) is 9.83. The summed E-state index contributed by atoms with van der Waals surface area (Å²) in [7, 11) is 0. The maximum absolute atomic E-state index is 4.39. The van der Waals surface area contributed by atoms with E-state index in [0.29, 0.717) is 6.04 Å². The third-order valence-electron chi connectivity index (χ3n) is 3.26. The maximum Gasteiger partial charge on any atom is 0.138 e. The van der Waals surface area contributed by atoms with Crippen molar-refractivity contribution >= 4 is 0 Å². The minimum absolute atomic E-state index is 0.365. The Balaban J connectivity index is 2.03. The van der Waals surface area contributed by atoms with Gasteiger partial charge in [0.15, 0.2) is 0 Å². The molecule has 1 N–H and O–H groups in total. The van der Waals surface area contributed by atoms with Crippen LogP contribution in [0.1, 0.15) is 31.7 Å². The fourth-order valence-corrected chi connectivity index (χ4v) is 2.37. The molecule has 0 saturated heterocycles. The van der Waals surface area contributed by atoms with E-state index < -0.39 is 0 Å². The number of rotatable bonds is 8. The summed E-state index contributed by atoms with van der Waals surface area (Å²) in [4.78, 5) is 8.58. The molecule has 1 atom stereocenters. The lowest BCUT2D eigenvalue weighted by atomic mass is 10.0. The van der Waals surface area contributed by atoms with Gasteiger partial charge in [0.05, 0.1) is 0 Å². The molecule has 2 heterocycles. The molecule has 0 aliphatic rings. The molecule has 2 aromatic rings. The summed E-state index contributed by atoms with van der Waals surface area (Å²) in [6.45, 7) is 6.17. The van der Waals surface area contributed by atoms with Gasteiger partial charge in [-0.1, -0.05) is 19.9 Å². The predicted octanol–water partition coefficient (Wildman–Crippen LogP) is 1.85. The van der Waals surface area contributed by atoms with Crippen molar-refractivity contribution in [1.82, 2.24) is 25.1 Å². The van der Waals surface area contributed by atoms with Crippen LogP contribution in [0.2, 0.25) is 0 Å². The van der Waals surface area contributed by atoms with Crippen molar-refractivity contribution in [3.8, 4) is 0 Å². The molecule has 2 aromatic heterocycles. The number of hydrogen-bond donors (Lipinski definition) is 1. The summed E-state index contributed by atoms with van der Waals surface area (Å²) in [5, 5.41) is 7.82. The molecular formula is C15H23N5. The van der Waals surface area contributed by atoms with Crippen LogP contribution in [-0.2, 0) is 19.4 Å². The third kappa shape index (κ3) is 4.13. The number of aromatic nitrogens is 4. The van der Waals surface area contributed by atoms with Crippen molar-refractivity contribution in [3.63, 3.8) is 0 Å². The van der Waals surface area contributed by atoms with Crippen LogP contribution in [0, 0.1) is 0 Å². The largest absolute Gasteiger partial charge is 0.313 e. The minimum Gasteiger partial charge on any atom is -0.313 e. The second-order valence-electron chi connectivity index (χ2n) is 4.92. The minimum atomic E-state index is 0.365. The third-order valence-corrected chi connectivity index (χ3v) is 3.26. The van der Waals surface area contributed by atoms with Crippen LogP contribution >= 0.6 is 0 Å². The maximum atomic E-state index is 4.39. The highest BCUT2D eigenvalue weighted by Gasteiger charge is 2.13. The summed E-state index contributed by atoms with van der Waals surface area (Å²) in [6.07, 6.45) is 8.32. The highest BCUT2D eigenvalue weighted by atomic mass is 15.3. The molecule has 5 nitrogen and oxygen atoms in total. The molecule has 1 unspecified atom stereocenters. The Bertz CT molecular complexity index is 494. The Morgan fingerprint density at radius 3 is 2.90 bits per heavy atom. The number of likely N-dealkylation sites (N-methyl/N-ethyl adjacent to an activating group) is 1. The number of nitrogens with zero attached hydrogens (tertiary/aromatic N) is 4. The smallest absolute Gasteiger partial charge is 0.138 e. The first-order valence-electron chi connectivity index (χ1n) is 7.32. The van der Waals surface area contributed by atoms with E-state index in [1.807, 2.05) is 23.1 Å². The average molecular weight is 273 g/mol. The van der Waals surface area contributed by atoms with Gasteiger partial charge in [0, 0.05) is 31.4 Å². The van der Waals surface area contributed by atoms with Crippen molar-refractivity contribution in [1.29, 1.82) is 0 Å². The summed E-state index contributed by atoms with van der Waals surface area (Å²) in [5.74, 6) is 1.06. The van der Waals surface area contributed by atoms with Crippen molar-refractivity contribution in [2.45, 2.75) is 45.7 Å². The van der Waals surface area contributed by atoms with E-state index in [9.17, 15) is 0 Å². The van der Waals surface area contributed by atoms with E-state index in [2.05, 4.69) is 40.3 Å². The van der Waals surface area contributed by atoms with Gasteiger partial charge in [0.25, 0.3) is 0 Å². The molecule has 20 heavy (non-hydrogen) atoms. The van der Waals surface area contributed by atoms with E-state index in [1.165, 1.54) is 5.56 Å². The molecule has 0 radical (unpaired) electrons. The SMILES string of the molecule is CCCn1ncnc1CC(Cc1cccnc1)NCC. The second kappa shape index (κ2) is 7.75. The lowest BCUT2D eigenvalue weighted by Crippen LogP contribution is -2.34. The second-order valence-corrected chi connectivity index (χ2v) is 4.92. The summed E-state index contributed by atoms with van der Waals surface area (Å²) < 4.78 is 2.01. The van der Waals surface area contributed by atoms with Crippen LogP contribution in [0.5, 0.6) is 0 Å². The molecule has 0 fully saturated rings. The first-order valence-corrected chi connectivity index (χ1v) is 7.32. The molecule has 2 rings (SSSR count). The van der Waals surface area contributed by atoms with Crippen molar-refractivity contribution in [3.05, 3.63) is 42.2 Å². The topological polar surface area (TPSA) is 55.6 Å². The Hall–Kier alpha value is -1.75. The van der Waals surface area contributed by atoms with Crippen molar-refractivity contribution in [2.24, 2.45) is 0 Å². The number of nitrogens with one attached hydrogen (secondary N) is 1. The van der Waals surface area contributed by atoms with Gasteiger partial charge in [-0.05, 0) is 31.0 Å². The molecular weight excluding hydrogens is 250 g/mol. The quantitative estimate of drug-likeness (QED) is 0.797. The van der Waals surface area contributed by atoms with Gasteiger partial charge in [-0.2, -0.15) is 5.10 Å². The molecule has 0 bridgehead atoms. The van der Waals surface area contributed by atoms with Gasteiger partial charge in [-0.3, -0.25) is 9.67 Å². The van der Waals surface area contributed by atoms with Crippen LogP contribution in [-0.4, -0.2) is 32.3 Å². The van der Waals surface area contributed by atoms with E-state index >= 15 is 0 Å². The normalized spacial score (nSPS) is 12.5. The standard InChI is InChI=1S/C15H23N5/c1-3-8-20-15(18-12-19-20)10-14(17-4-2)9-13-6-5-7-16-11-13/h5-7,11-12,14,17H,3-4,8-10H2,1-2H3. The number of aryl methyl sites for hydroxylation is 1. The monoisotopic (exact) mass is 273 g/mol. The van der Waals surface area contributed by atoms with E-state index in [0.717, 1.165) is 38.2 Å². The van der Waals surface area contributed by atoms with Crippen LogP contribution in [0.3, 0.4) is 0 Å². The molecule has 0 aromatic carbocycles. The van der Waals surface area contributed by atoms with E-state index in [1.54, 1.807) is 6.33 Å². The van der Waals surface area contributed by atoms with Gasteiger partial charge in [-0.15, -0.1) is 0 Å². The summed E-state index contributed by atoms with van der Waals surface area (Å²) >= 11 is 0. The van der Waals surface area contributed by atoms with Crippen LogP contribution in [0.15, 0.2) is 30.9 Å². The average Bonchev–Trinajstić information content (AvgIpc) is 2.88. The van der Waals surface area contributed by atoms with Gasteiger partial charge in [0.2, 0.25) is 0 Å². The van der Waals surface area contributed by atoms with E-state index in [4.69, 9.17) is 0 Å². The number of pyridine rings is 1. The lowest BCUT2D eigenvalue weighted by molar-refractivity contribution is 0.482. The van der Waals surface area contributed by atoms with Crippen molar-refractivity contribution in [2.75, 3.05) is 6.54 Å². The van der Waals surface area contributed by atoms with Crippen LogP contribution in [0.25, 0.3) is 0 Å². The molecule has 0 aliphatic carbocycles. The Morgan fingerprint density at radius 2 is 2.20 bits per heavy atom. The van der Waals surface area contributed by atoms with Gasteiger partial charge in [-0.25, -0.2) is 4.98 Å². The Labute approximate surface area is 120 Å². The zero-order valence-corrected chi connectivity index (χ0v) is 12.3. The first kappa shape index (κ1) is 14.7. The molecule has 108 valence electrons. The Kier molecular flexibility index (Phi) is 5.68. The highest BCUT2D eigenvalue weighted by molar-refractivity contribution is 5.11. The van der Waals surface area contributed by atoms with Gasteiger partial charge in [0.1, 0.15) is 12.2 Å². The lowest BCUT2D eigenvalue weighted by Gasteiger charge is -2.17. The van der Waals surface area contributed by atoms with E-state index in [-0.39, 0.29) is 0 Å². The van der Waals surface area contributed by atoms with Gasteiger partial charge >= 0.3 is 0 Å². The molecule has 0 spiro atoms. The Morgan fingerprint density at radius 1 is 1.30 bits per heavy atom. The molecule has 5 heteroatoms. The molecule has 0 amide bonds. The zero-order chi connectivity index (χ0) is 14.2. The zero-order valence-electron chi connectivity index (χ0n) is 12.3. The highest BCUT2D eigenvalue weighted by Crippen LogP contribution is 2.07. The fourth-order valence-electron chi connectivity index (χ4n) is 2.37. The summed E-state index contributed by atoms with van der Waals surface area (Å²) in [6, 6.07) is 4.47. The van der Waals surface area contributed by atoms with Crippen LogP contribution < -0.4 is 5.32 Å². The molecule has 0 aliphatic heterocycles. The van der Waals surface area contributed by atoms with Crippen molar-refractivity contribution < 1.29 is 0 Å². The molecule has 0 saturated carbocycles. The number of hydrogen-bond acceptors (Lipinski definition) is 4. The predicted molar refractivity (Wildman–Crippen MR) is 79.4 cm³/mol. The summed E-state index contributed by atoms with van der Waals surface area (Å²) in [5.41, 5.74) is 1.25. The van der Waals surface area contributed by atoms with Crippen LogP contribution in [0.4, 0.5) is 0 Å².